The van der Waals surface area contributed by atoms with Crippen LogP contribution < -0.4 is 5.32 Å². The fourth-order valence-corrected chi connectivity index (χ4v) is 6.62. The predicted molar refractivity (Wildman–Crippen MR) is 136 cm³/mol. The van der Waals surface area contributed by atoms with Crippen LogP contribution in [0.5, 0.6) is 0 Å². The Morgan fingerprint density at radius 1 is 0.919 bits per heavy atom. The van der Waals surface area contributed by atoms with Gasteiger partial charge in [0.2, 0.25) is 17.7 Å². The van der Waals surface area contributed by atoms with Gasteiger partial charge in [-0.1, -0.05) is 42.5 Å². The van der Waals surface area contributed by atoms with Crippen molar-refractivity contribution in [2.24, 2.45) is 35.5 Å². The lowest BCUT2D eigenvalue weighted by Crippen LogP contribution is -2.49. The lowest BCUT2D eigenvalue weighted by atomic mass is 9.63. The highest BCUT2D eigenvalue weighted by Crippen LogP contribution is 2.65. The summed E-state index contributed by atoms with van der Waals surface area (Å²) in [6, 6.07) is 14.9. The first-order chi connectivity index (χ1) is 17.8. The number of nitrogens with zero attached hydrogens (tertiary/aromatic N) is 1. The maximum absolute atomic E-state index is 13.7. The average Bonchev–Trinajstić information content (AvgIpc) is 3.67. The van der Waals surface area contributed by atoms with Gasteiger partial charge in [0.1, 0.15) is 6.04 Å². The van der Waals surface area contributed by atoms with Crippen molar-refractivity contribution in [3.05, 3.63) is 77.9 Å². The number of nitrogens with one attached hydrogen (secondary N) is 1. The van der Waals surface area contributed by atoms with E-state index in [1.54, 1.807) is 38.1 Å². The summed E-state index contributed by atoms with van der Waals surface area (Å²) >= 11 is 0. The second-order valence-corrected chi connectivity index (χ2v) is 10.9. The van der Waals surface area contributed by atoms with E-state index in [0.29, 0.717) is 23.1 Å². The summed E-state index contributed by atoms with van der Waals surface area (Å²) < 4.78 is 5.22. The summed E-state index contributed by atoms with van der Waals surface area (Å²) in [5, 5.41) is 2.87. The molecule has 3 amide bonds. The minimum absolute atomic E-state index is 0.0972. The molecule has 4 aliphatic carbocycles. The summed E-state index contributed by atoms with van der Waals surface area (Å²) in [6.07, 6.45) is 5.35. The van der Waals surface area contributed by atoms with Gasteiger partial charge in [0.25, 0.3) is 0 Å². The minimum atomic E-state index is -0.964. The maximum atomic E-state index is 13.7. The van der Waals surface area contributed by atoms with Gasteiger partial charge in [0, 0.05) is 12.1 Å². The van der Waals surface area contributed by atoms with E-state index in [1.807, 2.05) is 30.3 Å². The molecule has 1 heterocycles. The Hall–Kier alpha value is -3.74. The predicted octanol–water partition coefficient (Wildman–Crippen LogP) is 3.85. The molecule has 37 heavy (non-hydrogen) atoms. The Balaban J connectivity index is 1.26. The fraction of sp³-hybridized carbons (Fsp3) is 0.400. The summed E-state index contributed by atoms with van der Waals surface area (Å²) in [5.74, 6) is -0.831. The fourth-order valence-electron chi connectivity index (χ4n) is 6.62. The molecular formula is C30H30N2O5. The van der Waals surface area contributed by atoms with E-state index >= 15 is 0 Å². The van der Waals surface area contributed by atoms with E-state index in [1.165, 1.54) is 4.90 Å². The summed E-state index contributed by atoms with van der Waals surface area (Å²) in [7, 11) is 0. The van der Waals surface area contributed by atoms with E-state index in [-0.39, 0.29) is 48.0 Å². The van der Waals surface area contributed by atoms with Crippen LogP contribution in [0.3, 0.4) is 0 Å². The largest absolute Gasteiger partial charge is 0.459 e. The number of ether oxygens (including phenoxy) is 1. The molecule has 7 heteroatoms. The summed E-state index contributed by atoms with van der Waals surface area (Å²) in [4.78, 5) is 54.5. The van der Waals surface area contributed by atoms with Gasteiger partial charge >= 0.3 is 5.97 Å². The van der Waals surface area contributed by atoms with Gasteiger partial charge in [0.15, 0.2) is 0 Å². The SMILES string of the molecule is CC(C)OC(=O)c1ccc(NC(=O)[C@H](Cc2ccccc2)N2C(=O)[C@@H]3[C@H]4C=C[C@@H]([C@@H]5C[C@H]45)[C@H]3C2=O)cc1. The van der Waals surface area contributed by atoms with Crippen LogP contribution in [0.25, 0.3) is 0 Å². The van der Waals surface area contributed by atoms with Crippen LogP contribution in [0, 0.1) is 35.5 Å². The molecule has 2 aromatic carbocycles. The van der Waals surface area contributed by atoms with Crippen molar-refractivity contribution >= 4 is 29.4 Å². The normalized spacial score (nSPS) is 29.6. The van der Waals surface area contributed by atoms with Crippen LogP contribution in [-0.2, 0) is 25.5 Å². The number of anilines is 1. The van der Waals surface area contributed by atoms with Gasteiger partial charge in [-0.2, -0.15) is 0 Å². The first-order valence-corrected chi connectivity index (χ1v) is 13.0. The molecule has 3 fully saturated rings. The number of carbonyl (C=O) groups excluding carboxylic acids is 4. The van der Waals surface area contributed by atoms with Crippen molar-refractivity contribution in [3.8, 4) is 0 Å². The number of hydrogen-bond acceptors (Lipinski definition) is 5. The van der Waals surface area contributed by atoms with E-state index < -0.39 is 17.9 Å². The molecule has 0 unspecified atom stereocenters. The van der Waals surface area contributed by atoms with Crippen molar-refractivity contribution < 1.29 is 23.9 Å². The quantitative estimate of drug-likeness (QED) is 0.356. The van der Waals surface area contributed by atoms with Crippen molar-refractivity contribution in [1.82, 2.24) is 4.90 Å². The van der Waals surface area contributed by atoms with Crippen LogP contribution in [0.1, 0.15) is 36.2 Å². The molecule has 5 aliphatic rings. The number of carbonyl (C=O) groups is 4. The third-order valence-corrected chi connectivity index (χ3v) is 8.31. The number of benzene rings is 2. The van der Waals surface area contributed by atoms with Gasteiger partial charge in [0.05, 0.1) is 23.5 Å². The summed E-state index contributed by atoms with van der Waals surface area (Å²) in [6.45, 7) is 3.56. The van der Waals surface area contributed by atoms with E-state index in [2.05, 4.69) is 17.5 Å². The maximum Gasteiger partial charge on any atom is 0.338 e. The molecular weight excluding hydrogens is 468 g/mol. The van der Waals surface area contributed by atoms with E-state index in [9.17, 15) is 19.2 Å². The molecule has 190 valence electrons. The zero-order valence-electron chi connectivity index (χ0n) is 20.9. The monoisotopic (exact) mass is 498 g/mol. The number of hydrogen-bond donors (Lipinski definition) is 1. The Morgan fingerprint density at radius 3 is 2.08 bits per heavy atom. The molecule has 1 N–H and O–H groups in total. The van der Waals surface area contributed by atoms with E-state index in [4.69, 9.17) is 4.74 Å². The zero-order chi connectivity index (χ0) is 25.8. The number of likely N-dealkylation sites (tertiary alicyclic amines) is 1. The van der Waals surface area contributed by atoms with Gasteiger partial charge in [-0.15, -0.1) is 0 Å². The molecule has 2 saturated carbocycles. The molecule has 7 rings (SSSR count). The zero-order valence-corrected chi connectivity index (χ0v) is 20.9. The molecule has 0 spiro atoms. The lowest BCUT2D eigenvalue weighted by Gasteiger charge is -2.37. The molecule has 1 saturated heterocycles. The first kappa shape index (κ1) is 23.6. The third-order valence-electron chi connectivity index (χ3n) is 8.31. The van der Waals surface area contributed by atoms with Gasteiger partial charge in [-0.3, -0.25) is 19.3 Å². The van der Waals surface area contributed by atoms with Crippen LogP contribution in [0.15, 0.2) is 66.7 Å². The van der Waals surface area contributed by atoms with Crippen LogP contribution in [0.2, 0.25) is 0 Å². The Labute approximate surface area is 215 Å². The molecule has 0 radical (unpaired) electrons. The van der Waals surface area contributed by atoms with Gasteiger partial charge < -0.3 is 10.1 Å². The number of esters is 1. The lowest BCUT2D eigenvalue weighted by molar-refractivity contribution is -0.146. The first-order valence-electron chi connectivity index (χ1n) is 13.0. The van der Waals surface area contributed by atoms with Crippen LogP contribution in [0.4, 0.5) is 5.69 Å². The minimum Gasteiger partial charge on any atom is -0.459 e. The molecule has 2 aromatic rings. The van der Waals surface area contributed by atoms with Crippen LogP contribution >= 0.6 is 0 Å². The second-order valence-electron chi connectivity index (χ2n) is 10.9. The van der Waals surface area contributed by atoms with Crippen LogP contribution in [-0.4, -0.2) is 40.7 Å². The summed E-state index contributed by atoms with van der Waals surface area (Å²) in [5.41, 5.74) is 1.72. The molecule has 0 aromatic heterocycles. The Morgan fingerprint density at radius 2 is 1.51 bits per heavy atom. The highest BCUT2D eigenvalue weighted by Gasteiger charge is 2.67. The van der Waals surface area contributed by atoms with E-state index in [0.717, 1.165) is 12.0 Å². The molecule has 7 atom stereocenters. The van der Waals surface area contributed by atoms with Gasteiger partial charge in [-0.05, 0) is 73.8 Å². The third kappa shape index (κ3) is 4.06. The Bertz CT molecular complexity index is 1250. The average molecular weight is 499 g/mol. The molecule has 7 nitrogen and oxygen atoms in total. The molecule has 1 aliphatic heterocycles. The van der Waals surface area contributed by atoms with Crippen molar-refractivity contribution in [2.75, 3.05) is 5.32 Å². The van der Waals surface area contributed by atoms with Crippen molar-refractivity contribution in [2.45, 2.75) is 38.8 Å². The van der Waals surface area contributed by atoms with Gasteiger partial charge in [-0.25, -0.2) is 4.79 Å². The number of allylic oxidation sites excluding steroid dienone is 2. The second kappa shape index (κ2) is 8.98. The molecule has 2 bridgehead atoms. The standard InChI is InChI=1S/C30H30N2O5/c1-16(2)37-30(36)18-8-10-19(11-9-18)31-27(33)24(14-17-6-4-3-5-7-17)32-28(34)25-20-12-13-21(23-15-22(20)23)26(25)29(32)35/h3-13,16,20-26H,14-15H2,1-2H3,(H,31,33)/t20-,21-,22-,23+,24-,25+,26+/m0/s1. The number of imide groups is 1. The topological polar surface area (TPSA) is 92.8 Å². The van der Waals surface area contributed by atoms with Crippen molar-refractivity contribution in [1.29, 1.82) is 0 Å². The highest BCUT2D eigenvalue weighted by molar-refractivity contribution is 6.10. The number of amides is 3. The Kier molecular flexibility index (Phi) is 5.74. The smallest absolute Gasteiger partial charge is 0.338 e. The highest BCUT2D eigenvalue weighted by atomic mass is 16.5. The van der Waals surface area contributed by atoms with Crippen molar-refractivity contribution in [3.63, 3.8) is 0 Å². The number of rotatable bonds is 7.